The molecule has 8 heteroatoms. The Labute approximate surface area is 145 Å². The van der Waals surface area contributed by atoms with E-state index < -0.39 is 11.8 Å². The van der Waals surface area contributed by atoms with E-state index in [-0.39, 0.29) is 24.7 Å². The number of carbonyl (C=O) groups is 3. The summed E-state index contributed by atoms with van der Waals surface area (Å²) in [5, 5.41) is 9.19. The first-order valence-electron chi connectivity index (χ1n) is 8.40. The molecule has 1 fully saturated rings. The highest BCUT2D eigenvalue weighted by atomic mass is 16.2. The number of fused-ring (bicyclic) bond motifs is 1. The summed E-state index contributed by atoms with van der Waals surface area (Å²) in [5.41, 5.74) is 1.03. The predicted octanol–water partition coefficient (Wildman–Crippen LogP) is 0.193. The Bertz CT molecular complexity index is 746. The highest BCUT2D eigenvalue weighted by molar-refractivity contribution is 5.96. The molecule has 8 nitrogen and oxygen atoms in total. The first-order valence-corrected chi connectivity index (χ1v) is 8.40. The molecule has 2 aromatic heterocycles. The molecule has 0 saturated carbocycles. The molecule has 3 rings (SSSR count). The molecule has 3 heterocycles. The molecule has 1 aliphatic heterocycles. The lowest BCUT2D eigenvalue weighted by Gasteiger charge is -2.26. The number of likely N-dealkylation sites (tertiary alicyclic amines) is 1. The number of nitrogens with one attached hydrogen (secondary N) is 2. The van der Waals surface area contributed by atoms with Gasteiger partial charge in [0.1, 0.15) is 0 Å². The number of hydrogen-bond donors (Lipinski definition) is 2. The number of nitrogens with zero attached hydrogens (tertiary/aromatic N) is 3. The van der Waals surface area contributed by atoms with Gasteiger partial charge in [-0.25, -0.2) is 4.52 Å². The molecule has 1 saturated heterocycles. The van der Waals surface area contributed by atoms with Crippen LogP contribution in [0.25, 0.3) is 5.52 Å². The van der Waals surface area contributed by atoms with Gasteiger partial charge in [0.05, 0.1) is 18.6 Å². The molecule has 132 valence electrons. The Morgan fingerprint density at radius 2 is 1.84 bits per heavy atom. The van der Waals surface area contributed by atoms with Crippen LogP contribution < -0.4 is 10.6 Å². The highest BCUT2D eigenvalue weighted by Gasteiger charge is 2.17. The van der Waals surface area contributed by atoms with Gasteiger partial charge in [0.15, 0.2) is 5.69 Å². The summed E-state index contributed by atoms with van der Waals surface area (Å²) in [7, 11) is 0. The minimum Gasteiger partial charge on any atom is -0.345 e. The summed E-state index contributed by atoms with van der Waals surface area (Å²) in [6.45, 7) is 1.27. The van der Waals surface area contributed by atoms with E-state index in [0.717, 1.165) is 37.9 Å². The minimum atomic E-state index is -0.429. The van der Waals surface area contributed by atoms with Gasteiger partial charge in [-0.2, -0.15) is 5.10 Å². The van der Waals surface area contributed by atoms with Crippen molar-refractivity contribution in [2.45, 2.75) is 19.3 Å². The van der Waals surface area contributed by atoms with Crippen molar-refractivity contribution in [2.24, 2.45) is 0 Å². The maximum absolute atomic E-state index is 12.1. The summed E-state index contributed by atoms with van der Waals surface area (Å²) in [5.74, 6) is -0.914. The van der Waals surface area contributed by atoms with Gasteiger partial charge in [-0.1, -0.05) is 6.07 Å². The van der Waals surface area contributed by atoms with E-state index in [4.69, 9.17) is 0 Å². The molecule has 0 atom stereocenters. The number of amides is 3. The Morgan fingerprint density at radius 3 is 2.60 bits per heavy atom. The van der Waals surface area contributed by atoms with Crippen LogP contribution in [0.1, 0.15) is 29.8 Å². The second-order valence-corrected chi connectivity index (χ2v) is 6.00. The van der Waals surface area contributed by atoms with Crippen molar-refractivity contribution in [1.29, 1.82) is 0 Å². The van der Waals surface area contributed by atoms with Crippen molar-refractivity contribution >= 4 is 23.2 Å². The lowest BCUT2D eigenvalue weighted by Crippen LogP contribution is -2.45. The van der Waals surface area contributed by atoms with Crippen LogP contribution in [0.2, 0.25) is 0 Å². The van der Waals surface area contributed by atoms with Crippen LogP contribution in [0, 0.1) is 0 Å². The third-order valence-corrected chi connectivity index (χ3v) is 4.16. The van der Waals surface area contributed by atoms with E-state index in [9.17, 15) is 14.4 Å². The Balaban J connectivity index is 1.43. The maximum Gasteiger partial charge on any atom is 0.272 e. The maximum atomic E-state index is 12.1. The smallest absolute Gasteiger partial charge is 0.272 e. The third kappa shape index (κ3) is 4.34. The zero-order valence-electron chi connectivity index (χ0n) is 13.9. The summed E-state index contributed by atoms with van der Waals surface area (Å²) in [4.78, 5) is 37.6. The molecule has 0 aliphatic carbocycles. The summed E-state index contributed by atoms with van der Waals surface area (Å²) in [6, 6.07) is 7.15. The largest absolute Gasteiger partial charge is 0.345 e. The van der Waals surface area contributed by atoms with Crippen molar-refractivity contribution in [1.82, 2.24) is 25.1 Å². The Kier molecular flexibility index (Phi) is 5.27. The Hall–Kier alpha value is -2.90. The predicted molar refractivity (Wildman–Crippen MR) is 91.0 cm³/mol. The number of aromatic nitrogens is 2. The van der Waals surface area contributed by atoms with E-state index in [1.165, 1.54) is 0 Å². The average molecular weight is 343 g/mol. The van der Waals surface area contributed by atoms with E-state index in [0.29, 0.717) is 0 Å². The van der Waals surface area contributed by atoms with Gasteiger partial charge in [0.25, 0.3) is 5.91 Å². The number of pyridine rings is 1. The molecular formula is C17H21N5O3. The van der Waals surface area contributed by atoms with E-state index in [2.05, 4.69) is 15.7 Å². The average Bonchev–Trinajstić information content (AvgIpc) is 3.09. The Morgan fingerprint density at radius 1 is 1.04 bits per heavy atom. The molecule has 0 unspecified atom stereocenters. The van der Waals surface area contributed by atoms with Crippen LogP contribution in [0.3, 0.4) is 0 Å². The van der Waals surface area contributed by atoms with E-state index in [1.54, 1.807) is 21.7 Å². The molecule has 0 radical (unpaired) electrons. The molecule has 1 aliphatic rings. The van der Waals surface area contributed by atoms with Crippen molar-refractivity contribution in [3.05, 3.63) is 36.2 Å². The molecule has 0 spiro atoms. The van der Waals surface area contributed by atoms with Gasteiger partial charge in [0, 0.05) is 19.3 Å². The van der Waals surface area contributed by atoms with Gasteiger partial charge >= 0.3 is 0 Å². The third-order valence-electron chi connectivity index (χ3n) is 4.16. The van der Waals surface area contributed by atoms with Crippen molar-refractivity contribution in [3.8, 4) is 0 Å². The monoisotopic (exact) mass is 343 g/mol. The molecular weight excluding hydrogens is 322 g/mol. The second kappa shape index (κ2) is 7.78. The SMILES string of the molecule is O=C(CNC(=O)c1cc2ccccn2n1)NCC(=O)N1CCCCC1. The van der Waals surface area contributed by atoms with Crippen molar-refractivity contribution in [3.63, 3.8) is 0 Å². The zero-order valence-corrected chi connectivity index (χ0v) is 13.9. The van der Waals surface area contributed by atoms with E-state index in [1.807, 2.05) is 18.2 Å². The van der Waals surface area contributed by atoms with Gasteiger partial charge < -0.3 is 15.5 Å². The standard InChI is InChI=1S/C17H21N5O3/c23-15(18-12-16(24)21-7-3-1-4-8-21)11-19-17(25)14-10-13-6-2-5-9-22(13)20-14/h2,5-6,9-10H,1,3-4,7-8,11-12H2,(H,18,23)(H,19,25). The fraction of sp³-hybridized carbons (Fsp3) is 0.412. The zero-order chi connectivity index (χ0) is 17.6. The number of rotatable bonds is 5. The lowest BCUT2D eigenvalue weighted by molar-refractivity contribution is -0.133. The summed E-state index contributed by atoms with van der Waals surface area (Å²) in [6.07, 6.45) is 4.90. The molecule has 2 N–H and O–H groups in total. The molecule has 25 heavy (non-hydrogen) atoms. The number of carbonyl (C=O) groups excluding carboxylic acids is 3. The highest BCUT2D eigenvalue weighted by Crippen LogP contribution is 2.08. The first-order chi connectivity index (χ1) is 12.1. The van der Waals surface area contributed by atoms with Gasteiger partial charge in [-0.3, -0.25) is 14.4 Å². The van der Waals surface area contributed by atoms with Gasteiger partial charge in [-0.05, 0) is 37.5 Å². The quantitative estimate of drug-likeness (QED) is 0.810. The fourth-order valence-electron chi connectivity index (χ4n) is 2.79. The normalized spacial score (nSPS) is 14.3. The van der Waals surface area contributed by atoms with Crippen molar-refractivity contribution in [2.75, 3.05) is 26.2 Å². The van der Waals surface area contributed by atoms with Gasteiger partial charge in [0.2, 0.25) is 11.8 Å². The summed E-state index contributed by atoms with van der Waals surface area (Å²) >= 11 is 0. The van der Waals surface area contributed by atoms with Crippen molar-refractivity contribution < 1.29 is 14.4 Å². The van der Waals surface area contributed by atoms with Crippen LogP contribution in [0.5, 0.6) is 0 Å². The molecule has 2 aromatic rings. The number of hydrogen-bond acceptors (Lipinski definition) is 4. The topological polar surface area (TPSA) is 95.8 Å². The minimum absolute atomic E-state index is 0.0386. The summed E-state index contributed by atoms with van der Waals surface area (Å²) < 4.78 is 1.59. The van der Waals surface area contributed by atoms with Crippen LogP contribution >= 0.6 is 0 Å². The van der Waals surface area contributed by atoms with Crippen LogP contribution in [-0.2, 0) is 9.59 Å². The van der Waals surface area contributed by atoms with Gasteiger partial charge in [-0.15, -0.1) is 0 Å². The fourth-order valence-corrected chi connectivity index (χ4v) is 2.79. The molecule has 0 bridgehead atoms. The lowest BCUT2D eigenvalue weighted by atomic mass is 10.1. The van der Waals surface area contributed by atoms with Crippen LogP contribution in [-0.4, -0.2) is 58.4 Å². The van der Waals surface area contributed by atoms with Crippen LogP contribution in [0.15, 0.2) is 30.5 Å². The molecule has 0 aromatic carbocycles. The number of piperidine rings is 1. The first kappa shape index (κ1) is 16.9. The van der Waals surface area contributed by atoms with Crippen LogP contribution in [0.4, 0.5) is 0 Å². The second-order valence-electron chi connectivity index (χ2n) is 6.00. The molecule has 3 amide bonds. The van der Waals surface area contributed by atoms with E-state index >= 15 is 0 Å².